The van der Waals surface area contributed by atoms with Crippen molar-refractivity contribution in [1.82, 2.24) is 14.9 Å². The van der Waals surface area contributed by atoms with Gasteiger partial charge in [0.05, 0.1) is 5.69 Å². The molecule has 3 nitrogen and oxygen atoms in total. The molecule has 0 aliphatic heterocycles. The van der Waals surface area contributed by atoms with Crippen LogP contribution in [0.1, 0.15) is 11.3 Å². The third-order valence-corrected chi connectivity index (χ3v) is 3.29. The molecule has 0 bridgehead atoms. The van der Waals surface area contributed by atoms with Crippen molar-refractivity contribution in [1.29, 1.82) is 0 Å². The van der Waals surface area contributed by atoms with Gasteiger partial charge in [0.25, 0.3) is 0 Å². The van der Waals surface area contributed by atoms with E-state index in [0.717, 1.165) is 11.3 Å². The molecule has 2 rings (SSSR count). The standard InChI is InChI=1S/C12H12Cl2FN3/c1-18-10(11(13)17-12(18)14)7-16-6-8-2-4-9(15)5-3-8/h2-5,16H,6-7H2,1H3. The maximum Gasteiger partial charge on any atom is 0.204 e. The van der Waals surface area contributed by atoms with Crippen molar-refractivity contribution >= 4 is 23.2 Å². The number of halogens is 3. The molecule has 96 valence electrons. The number of nitrogens with zero attached hydrogens (tertiary/aromatic N) is 2. The largest absolute Gasteiger partial charge is 0.319 e. The number of hydrogen-bond acceptors (Lipinski definition) is 2. The van der Waals surface area contributed by atoms with Crippen LogP contribution in [0.25, 0.3) is 0 Å². The Labute approximate surface area is 115 Å². The van der Waals surface area contributed by atoms with E-state index in [2.05, 4.69) is 10.3 Å². The van der Waals surface area contributed by atoms with Crippen molar-refractivity contribution < 1.29 is 4.39 Å². The van der Waals surface area contributed by atoms with E-state index in [0.29, 0.717) is 23.5 Å². The average Bonchev–Trinajstić information content (AvgIpc) is 2.58. The van der Waals surface area contributed by atoms with E-state index in [-0.39, 0.29) is 5.82 Å². The van der Waals surface area contributed by atoms with Crippen LogP contribution in [0.4, 0.5) is 4.39 Å². The van der Waals surface area contributed by atoms with Gasteiger partial charge in [-0.15, -0.1) is 0 Å². The van der Waals surface area contributed by atoms with Gasteiger partial charge in [0.15, 0.2) is 5.15 Å². The monoisotopic (exact) mass is 287 g/mol. The summed E-state index contributed by atoms with van der Waals surface area (Å²) in [5.74, 6) is -0.236. The number of aromatic nitrogens is 2. The maximum absolute atomic E-state index is 12.7. The van der Waals surface area contributed by atoms with Crippen LogP contribution < -0.4 is 5.32 Å². The molecule has 0 unspecified atom stereocenters. The Morgan fingerprint density at radius 2 is 1.89 bits per heavy atom. The normalized spacial score (nSPS) is 10.9. The van der Waals surface area contributed by atoms with Gasteiger partial charge in [-0.25, -0.2) is 9.37 Å². The molecular weight excluding hydrogens is 276 g/mol. The van der Waals surface area contributed by atoms with Crippen LogP contribution >= 0.6 is 23.2 Å². The number of hydrogen-bond donors (Lipinski definition) is 1. The molecule has 0 saturated heterocycles. The molecular formula is C12H12Cl2FN3. The van der Waals surface area contributed by atoms with Crippen LogP contribution in [-0.4, -0.2) is 9.55 Å². The third-order valence-electron chi connectivity index (χ3n) is 2.65. The van der Waals surface area contributed by atoms with Gasteiger partial charge in [0.2, 0.25) is 5.28 Å². The van der Waals surface area contributed by atoms with E-state index in [9.17, 15) is 4.39 Å². The van der Waals surface area contributed by atoms with Gasteiger partial charge in [0, 0.05) is 20.1 Å². The number of benzene rings is 1. The highest BCUT2D eigenvalue weighted by molar-refractivity contribution is 6.32. The summed E-state index contributed by atoms with van der Waals surface area (Å²) in [5.41, 5.74) is 1.82. The summed E-state index contributed by atoms with van der Waals surface area (Å²) in [4.78, 5) is 3.95. The molecule has 2 aromatic rings. The Hall–Kier alpha value is -1.10. The van der Waals surface area contributed by atoms with E-state index in [1.165, 1.54) is 12.1 Å². The molecule has 18 heavy (non-hydrogen) atoms. The fraction of sp³-hybridized carbons (Fsp3) is 0.250. The quantitative estimate of drug-likeness (QED) is 0.936. The topological polar surface area (TPSA) is 29.9 Å². The SMILES string of the molecule is Cn1c(Cl)nc(Cl)c1CNCc1ccc(F)cc1. The first kappa shape index (κ1) is 13.3. The van der Waals surface area contributed by atoms with Gasteiger partial charge in [0.1, 0.15) is 5.82 Å². The fourth-order valence-corrected chi connectivity index (χ4v) is 2.09. The lowest BCUT2D eigenvalue weighted by Crippen LogP contribution is -2.15. The molecule has 0 aliphatic rings. The van der Waals surface area contributed by atoms with Crippen molar-refractivity contribution in [3.8, 4) is 0 Å². The summed E-state index contributed by atoms with van der Waals surface area (Å²) < 4.78 is 14.4. The van der Waals surface area contributed by atoms with Crippen molar-refractivity contribution in [2.75, 3.05) is 0 Å². The van der Waals surface area contributed by atoms with Gasteiger partial charge in [-0.3, -0.25) is 0 Å². The fourth-order valence-electron chi connectivity index (χ4n) is 1.59. The van der Waals surface area contributed by atoms with Gasteiger partial charge >= 0.3 is 0 Å². The minimum Gasteiger partial charge on any atom is -0.319 e. The van der Waals surface area contributed by atoms with Crippen molar-refractivity contribution in [2.45, 2.75) is 13.1 Å². The predicted molar refractivity (Wildman–Crippen MR) is 70.2 cm³/mol. The smallest absolute Gasteiger partial charge is 0.204 e. The van der Waals surface area contributed by atoms with Gasteiger partial charge in [-0.1, -0.05) is 23.7 Å². The van der Waals surface area contributed by atoms with Crippen molar-refractivity contribution in [3.63, 3.8) is 0 Å². The van der Waals surface area contributed by atoms with Crippen LogP contribution in [0.3, 0.4) is 0 Å². The van der Waals surface area contributed by atoms with E-state index < -0.39 is 0 Å². The molecule has 0 saturated carbocycles. The Kier molecular flexibility index (Phi) is 4.22. The van der Waals surface area contributed by atoms with Crippen LogP contribution in [0, 0.1) is 5.82 Å². The summed E-state index contributed by atoms with van der Waals surface area (Å²) in [5, 5.41) is 3.96. The van der Waals surface area contributed by atoms with Crippen LogP contribution in [0.2, 0.25) is 10.4 Å². The lowest BCUT2D eigenvalue weighted by atomic mass is 10.2. The number of nitrogens with one attached hydrogen (secondary N) is 1. The first-order valence-electron chi connectivity index (χ1n) is 5.39. The highest BCUT2D eigenvalue weighted by Gasteiger charge is 2.10. The minimum atomic E-state index is -0.236. The van der Waals surface area contributed by atoms with E-state index in [1.54, 1.807) is 23.7 Å². The molecule has 1 aromatic heterocycles. The molecule has 0 spiro atoms. The molecule has 6 heteroatoms. The van der Waals surface area contributed by atoms with E-state index in [1.807, 2.05) is 0 Å². The maximum atomic E-state index is 12.7. The first-order valence-corrected chi connectivity index (χ1v) is 6.15. The van der Waals surface area contributed by atoms with E-state index >= 15 is 0 Å². The average molecular weight is 288 g/mol. The summed E-state index contributed by atoms with van der Waals surface area (Å²) in [6, 6.07) is 6.34. The van der Waals surface area contributed by atoms with Gasteiger partial charge in [-0.2, -0.15) is 0 Å². The van der Waals surface area contributed by atoms with Crippen LogP contribution in [0.15, 0.2) is 24.3 Å². The number of imidazole rings is 1. The zero-order chi connectivity index (χ0) is 13.1. The lowest BCUT2D eigenvalue weighted by Gasteiger charge is -2.06. The lowest BCUT2D eigenvalue weighted by molar-refractivity contribution is 0.623. The van der Waals surface area contributed by atoms with Gasteiger partial charge in [-0.05, 0) is 29.3 Å². The molecule has 0 aliphatic carbocycles. The first-order chi connectivity index (χ1) is 8.58. The Balaban J connectivity index is 1.94. The molecule has 1 N–H and O–H groups in total. The zero-order valence-corrected chi connectivity index (χ0v) is 11.3. The summed E-state index contributed by atoms with van der Waals surface area (Å²) in [7, 11) is 1.80. The summed E-state index contributed by atoms with van der Waals surface area (Å²) in [6.45, 7) is 1.17. The highest BCUT2D eigenvalue weighted by Crippen LogP contribution is 2.19. The third kappa shape index (κ3) is 3.02. The number of rotatable bonds is 4. The molecule has 0 radical (unpaired) electrons. The molecule has 0 amide bonds. The van der Waals surface area contributed by atoms with Crippen LogP contribution in [-0.2, 0) is 20.1 Å². The van der Waals surface area contributed by atoms with E-state index in [4.69, 9.17) is 23.2 Å². The Morgan fingerprint density at radius 1 is 1.22 bits per heavy atom. The van der Waals surface area contributed by atoms with Gasteiger partial charge < -0.3 is 9.88 Å². The second-order valence-electron chi connectivity index (χ2n) is 3.91. The van der Waals surface area contributed by atoms with Crippen LogP contribution in [0.5, 0.6) is 0 Å². The molecule has 0 fully saturated rings. The molecule has 1 aromatic carbocycles. The molecule has 1 heterocycles. The Morgan fingerprint density at radius 3 is 2.44 bits per heavy atom. The summed E-state index contributed by atoms with van der Waals surface area (Å²) in [6.07, 6.45) is 0. The second-order valence-corrected chi connectivity index (χ2v) is 4.60. The molecule has 0 atom stereocenters. The van der Waals surface area contributed by atoms with Crippen molar-refractivity contribution in [3.05, 3.63) is 51.8 Å². The van der Waals surface area contributed by atoms with Crippen molar-refractivity contribution in [2.24, 2.45) is 7.05 Å². The minimum absolute atomic E-state index is 0.236. The predicted octanol–water partition coefficient (Wildman–Crippen LogP) is 3.16. The second kappa shape index (κ2) is 5.69. The highest BCUT2D eigenvalue weighted by atomic mass is 35.5. The zero-order valence-electron chi connectivity index (χ0n) is 9.75. The Bertz CT molecular complexity index is 537. The summed E-state index contributed by atoms with van der Waals surface area (Å²) >= 11 is 11.8.